The number of benzene rings is 2. The first kappa shape index (κ1) is 27.9. The molecule has 0 aromatic heterocycles. The number of methoxy groups -OCH3 is 1. The molecule has 2 atom stereocenters. The number of allylic oxidation sites excluding steroid dienone is 2. The number of amides is 2. The highest BCUT2D eigenvalue weighted by Gasteiger charge is 2.33. The lowest BCUT2D eigenvalue weighted by atomic mass is 9.95. The van der Waals surface area contributed by atoms with Crippen LogP contribution in [0.4, 0.5) is 10.1 Å². The van der Waals surface area contributed by atoms with Crippen molar-refractivity contribution in [2.45, 2.75) is 70.5 Å². The highest BCUT2D eigenvalue weighted by atomic mass is 32.2. The monoisotopic (exact) mass is 512 g/mol. The first-order valence-corrected chi connectivity index (χ1v) is 13.4. The van der Waals surface area contributed by atoms with Gasteiger partial charge in [0.05, 0.1) is 12.2 Å². The maximum Gasteiger partial charge on any atom is 0.250 e. The van der Waals surface area contributed by atoms with Crippen molar-refractivity contribution in [3.05, 3.63) is 71.6 Å². The van der Waals surface area contributed by atoms with Gasteiger partial charge in [-0.15, -0.1) is 11.8 Å². The van der Waals surface area contributed by atoms with Gasteiger partial charge in [0, 0.05) is 17.8 Å². The second-order valence-electron chi connectivity index (χ2n) is 10.3. The fourth-order valence-electron chi connectivity index (χ4n) is 4.18. The molecule has 0 spiro atoms. The Morgan fingerprint density at radius 3 is 2.72 bits per heavy atom. The lowest BCUT2D eigenvalue weighted by molar-refractivity contribution is -0.134. The molecule has 2 unspecified atom stereocenters. The Balaban J connectivity index is 1.72. The number of fused-ring (bicyclic) bond motifs is 1. The molecule has 0 bridgehead atoms. The quantitative estimate of drug-likeness (QED) is 0.328. The summed E-state index contributed by atoms with van der Waals surface area (Å²) in [7, 11) is 1.52. The van der Waals surface area contributed by atoms with Crippen molar-refractivity contribution in [3.63, 3.8) is 0 Å². The molecule has 0 saturated heterocycles. The number of aryl methyl sites for hydroxylation is 1. The van der Waals surface area contributed by atoms with Crippen LogP contribution in [0, 0.1) is 18.2 Å². The molecule has 36 heavy (non-hydrogen) atoms. The molecule has 2 aromatic carbocycles. The van der Waals surface area contributed by atoms with Gasteiger partial charge >= 0.3 is 0 Å². The molecule has 194 valence electrons. The molecular formula is C29H37FN2O3S. The van der Waals surface area contributed by atoms with Gasteiger partial charge in [-0.05, 0) is 67.0 Å². The van der Waals surface area contributed by atoms with E-state index in [0.717, 1.165) is 29.0 Å². The summed E-state index contributed by atoms with van der Waals surface area (Å²) in [5, 5.41) is 2.93. The molecular weight excluding hydrogens is 475 g/mol. The maximum atomic E-state index is 14.1. The number of anilines is 1. The van der Waals surface area contributed by atoms with Gasteiger partial charge in [-0.3, -0.25) is 9.59 Å². The topological polar surface area (TPSA) is 58.6 Å². The number of carbonyl (C=O) groups excluding carboxylic acids is 2. The van der Waals surface area contributed by atoms with Crippen LogP contribution in [0.25, 0.3) is 0 Å². The smallest absolute Gasteiger partial charge is 0.250 e. The maximum absolute atomic E-state index is 14.1. The third-order valence-corrected chi connectivity index (χ3v) is 7.07. The summed E-state index contributed by atoms with van der Waals surface area (Å²) in [4.78, 5) is 29.3. The van der Waals surface area contributed by atoms with Gasteiger partial charge in [0.25, 0.3) is 5.91 Å². The van der Waals surface area contributed by atoms with Crippen molar-refractivity contribution >= 4 is 29.3 Å². The standard InChI is InChI=1S/C29H37FN2O3S/c1-20-15-21(17-22(30)16-20)18-32-24-11-8-9-13-26(24)36-19-23(28(32)34)31-27(33)25(35-5)12-7-6-10-14-29(2,3)4/h8-11,13-17,23,25H,6-7,12,18-19H2,1-5H3,(H,31,33)/b14-10+. The summed E-state index contributed by atoms with van der Waals surface area (Å²) in [6.07, 6.45) is 5.91. The van der Waals surface area contributed by atoms with Crippen molar-refractivity contribution in [1.82, 2.24) is 5.32 Å². The zero-order valence-corrected chi connectivity index (χ0v) is 22.7. The molecule has 7 heteroatoms. The Morgan fingerprint density at radius 2 is 2.03 bits per heavy atom. The van der Waals surface area contributed by atoms with Crippen LogP contribution in [0.3, 0.4) is 0 Å². The predicted octanol–water partition coefficient (Wildman–Crippen LogP) is 6.05. The van der Waals surface area contributed by atoms with Crippen LogP contribution >= 0.6 is 11.8 Å². The Bertz CT molecular complexity index is 1080. The van der Waals surface area contributed by atoms with Crippen molar-refractivity contribution in [2.24, 2.45) is 5.41 Å². The van der Waals surface area contributed by atoms with Crippen molar-refractivity contribution in [2.75, 3.05) is 17.8 Å². The SMILES string of the molecule is COC(CCC/C=C/C(C)(C)C)C(=O)NC1CSc2ccccc2N(Cc2cc(C)cc(F)c2)C1=O. The van der Waals surface area contributed by atoms with E-state index in [0.29, 0.717) is 17.7 Å². The number of hydrogen-bond acceptors (Lipinski definition) is 4. The van der Waals surface area contributed by atoms with Gasteiger partial charge in [0.2, 0.25) is 5.91 Å². The van der Waals surface area contributed by atoms with Crippen LogP contribution in [0.2, 0.25) is 0 Å². The fourth-order valence-corrected chi connectivity index (χ4v) is 5.26. The van der Waals surface area contributed by atoms with Gasteiger partial charge in [0.1, 0.15) is 18.0 Å². The lowest BCUT2D eigenvalue weighted by Gasteiger charge is -2.27. The van der Waals surface area contributed by atoms with E-state index in [4.69, 9.17) is 4.74 Å². The van der Waals surface area contributed by atoms with Gasteiger partial charge in [-0.25, -0.2) is 4.39 Å². The minimum Gasteiger partial charge on any atom is -0.372 e. The van der Waals surface area contributed by atoms with E-state index in [2.05, 4.69) is 38.2 Å². The number of ether oxygens (including phenoxy) is 1. The first-order valence-electron chi connectivity index (χ1n) is 12.4. The normalized spacial score (nSPS) is 17.1. The zero-order valence-electron chi connectivity index (χ0n) is 21.8. The van der Waals surface area contributed by atoms with E-state index in [1.807, 2.05) is 37.3 Å². The van der Waals surface area contributed by atoms with E-state index >= 15 is 0 Å². The van der Waals surface area contributed by atoms with Crippen LogP contribution < -0.4 is 10.2 Å². The predicted molar refractivity (Wildman–Crippen MR) is 145 cm³/mol. The Labute approximate surface area is 218 Å². The Hall–Kier alpha value is -2.64. The molecule has 1 aliphatic heterocycles. The molecule has 0 fully saturated rings. The lowest BCUT2D eigenvalue weighted by Crippen LogP contribution is -2.52. The van der Waals surface area contributed by atoms with E-state index in [-0.39, 0.29) is 29.6 Å². The molecule has 2 amide bonds. The molecule has 0 aliphatic carbocycles. The number of carbonyl (C=O) groups is 2. The zero-order chi connectivity index (χ0) is 26.3. The Kier molecular flexibility index (Phi) is 9.74. The second kappa shape index (κ2) is 12.5. The summed E-state index contributed by atoms with van der Waals surface area (Å²) < 4.78 is 19.5. The molecule has 1 heterocycles. The van der Waals surface area contributed by atoms with Crippen LogP contribution in [0.5, 0.6) is 0 Å². The van der Waals surface area contributed by atoms with Crippen LogP contribution in [0.15, 0.2) is 59.5 Å². The van der Waals surface area contributed by atoms with Gasteiger partial charge in [-0.1, -0.05) is 51.1 Å². The molecule has 2 aromatic rings. The number of nitrogens with zero attached hydrogens (tertiary/aromatic N) is 1. The number of thioether (sulfide) groups is 1. The second-order valence-corrected chi connectivity index (χ2v) is 11.4. The first-order chi connectivity index (χ1) is 17.1. The number of para-hydroxylation sites is 1. The van der Waals surface area contributed by atoms with Gasteiger partial charge < -0.3 is 15.0 Å². The van der Waals surface area contributed by atoms with Crippen LogP contribution in [-0.4, -0.2) is 36.8 Å². The highest BCUT2D eigenvalue weighted by Crippen LogP contribution is 2.35. The number of hydrogen-bond donors (Lipinski definition) is 1. The number of nitrogens with one attached hydrogen (secondary N) is 1. The van der Waals surface area contributed by atoms with E-state index in [9.17, 15) is 14.0 Å². The summed E-state index contributed by atoms with van der Waals surface area (Å²) in [5.74, 6) is -0.431. The van der Waals surface area contributed by atoms with Crippen LogP contribution in [0.1, 0.15) is 51.2 Å². The number of halogens is 1. The summed E-state index contributed by atoms with van der Waals surface area (Å²) in [6, 6.07) is 11.7. The molecule has 1 aliphatic rings. The van der Waals surface area contributed by atoms with Crippen molar-refractivity contribution < 1.29 is 18.7 Å². The summed E-state index contributed by atoms with van der Waals surface area (Å²) >= 11 is 1.53. The number of rotatable bonds is 9. The van der Waals surface area contributed by atoms with Crippen molar-refractivity contribution in [3.8, 4) is 0 Å². The molecule has 5 nitrogen and oxygen atoms in total. The van der Waals surface area contributed by atoms with Crippen LogP contribution in [-0.2, 0) is 20.9 Å². The molecule has 1 N–H and O–H groups in total. The summed E-state index contributed by atoms with van der Waals surface area (Å²) in [6.45, 7) is 8.48. The van der Waals surface area contributed by atoms with E-state index < -0.39 is 12.1 Å². The van der Waals surface area contributed by atoms with E-state index in [1.165, 1.54) is 31.0 Å². The largest absolute Gasteiger partial charge is 0.372 e. The van der Waals surface area contributed by atoms with Crippen molar-refractivity contribution in [1.29, 1.82) is 0 Å². The highest BCUT2D eigenvalue weighted by molar-refractivity contribution is 7.99. The van der Waals surface area contributed by atoms with Gasteiger partial charge in [-0.2, -0.15) is 0 Å². The minimum atomic E-state index is -0.719. The number of unbranched alkanes of at least 4 members (excludes halogenated alkanes) is 1. The molecule has 3 rings (SSSR count). The summed E-state index contributed by atoms with van der Waals surface area (Å²) in [5.41, 5.74) is 2.38. The third-order valence-electron chi connectivity index (χ3n) is 5.92. The van der Waals surface area contributed by atoms with E-state index in [1.54, 1.807) is 4.90 Å². The average molecular weight is 513 g/mol. The van der Waals surface area contributed by atoms with Gasteiger partial charge in [0.15, 0.2) is 0 Å². The molecule has 0 radical (unpaired) electrons. The third kappa shape index (κ3) is 7.93. The fraction of sp³-hybridized carbons (Fsp3) is 0.448. The minimum absolute atomic E-state index is 0.128. The average Bonchev–Trinajstić information content (AvgIpc) is 2.92. The molecule has 0 saturated carbocycles. The Morgan fingerprint density at radius 1 is 1.28 bits per heavy atom.